The summed E-state index contributed by atoms with van der Waals surface area (Å²) in [5.41, 5.74) is 2.79. The summed E-state index contributed by atoms with van der Waals surface area (Å²) in [7, 11) is 0. The van der Waals surface area contributed by atoms with Crippen molar-refractivity contribution in [3.8, 4) is 11.3 Å². The molecule has 4 rings (SSSR count). The predicted molar refractivity (Wildman–Crippen MR) is 145 cm³/mol. The lowest BCUT2D eigenvalue weighted by Crippen LogP contribution is -2.32. The molecule has 4 aromatic rings. The van der Waals surface area contributed by atoms with E-state index in [0.717, 1.165) is 11.1 Å². The van der Waals surface area contributed by atoms with Crippen molar-refractivity contribution in [2.24, 2.45) is 0 Å². The van der Waals surface area contributed by atoms with Crippen molar-refractivity contribution in [1.82, 2.24) is 5.32 Å². The molecule has 0 aliphatic heterocycles. The number of halogens is 2. The lowest BCUT2D eigenvalue weighted by molar-refractivity contribution is -0.115. The van der Waals surface area contributed by atoms with E-state index in [1.165, 1.54) is 18.4 Å². The molecule has 0 aliphatic carbocycles. The van der Waals surface area contributed by atoms with Crippen molar-refractivity contribution in [2.45, 2.75) is 6.92 Å². The molecular formula is C26H19Cl2N3O4S. The van der Waals surface area contributed by atoms with Gasteiger partial charge in [-0.1, -0.05) is 23.2 Å². The van der Waals surface area contributed by atoms with Crippen LogP contribution in [0.5, 0.6) is 0 Å². The van der Waals surface area contributed by atoms with Gasteiger partial charge in [-0.05, 0) is 91.4 Å². The van der Waals surface area contributed by atoms with E-state index in [4.69, 9.17) is 44.3 Å². The number of thiocarbonyl (C=S) groups is 1. The van der Waals surface area contributed by atoms with Gasteiger partial charge in [0.1, 0.15) is 11.5 Å². The number of benzene rings is 2. The number of carbonyl (C=O) groups is 2. The monoisotopic (exact) mass is 539 g/mol. The van der Waals surface area contributed by atoms with Crippen LogP contribution in [0.2, 0.25) is 10.0 Å². The zero-order valence-corrected chi connectivity index (χ0v) is 21.1. The van der Waals surface area contributed by atoms with Crippen molar-refractivity contribution < 1.29 is 18.4 Å². The Balaban J connectivity index is 1.31. The highest BCUT2D eigenvalue weighted by molar-refractivity contribution is 7.80. The second-order valence-electron chi connectivity index (χ2n) is 7.60. The van der Waals surface area contributed by atoms with E-state index in [9.17, 15) is 9.59 Å². The first kappa shape index (κ1) is 25.2. The molecule has 7 nitrogen and oxygen atoms in total. The van der Waals surface area contributed by atoms with Crippen LogP contribution in [-0.2, 0) is 4.79 Å². The Hall–Kier alpha value is -3.85. The zero-order chi connectivity index (χ0) is 25.7. The average molecular weight is 540 g/mol. The largest absolute Gasteiger partial charge is 0.459 e. The lowest BCUT2D eigenvalue weighted by atomic mass is 10.1. The van der Waals surface area contributed by atoms with Crippen LogP contribution in [0, 0.1) is 6.92 Å². The van der Waals surface area contributed by atoms with E-state index in [1.807, 2.05) is 6.92 Å². The van der Waals surface area contributed by atoms with E-state index >= 15 is 0 Å². The van der Waals surface area contributed by atoms with Crippen LogP contribution in [-0.4, -0.2) is 16.9 Å². The maximum absolute atomic E-state index is 12.3. The fourth-order valence-corrected chi connectivity index (χ4v) is 3.99. The predicted octanol–water partition coefficient (Wildman–Crippen LogP) is 6.93. The van der Waals surface area contributed by atoms with Crippen LogP contribution in [0.3, 0.4) is 0 Å². The number of amides is 2. The Bertz CT molecular complexity index is 1440. The van der Waals surface area contributed by atoms with E-state index in [1.54, 1.807) is 60.7 Å². The Kier molecular flexibility index (Phi) is 7.90. The summed E-state index contributed by atoms with van der Waals surface area (Å²) in [5.74, 6) is 0.468. The van der Waals surface area contributed by atoms with Crippen molar-refractivity contribution in [3.63, 3.8) is 0 Å². The molecule has 0 unspecified atom stereocenters. The average Bonchev–Trinajstić information content (AvgIpc) is 3.51. The van der Waals surface area contributed by atoms with Gasteiger partial charge in [0.2, 0.25) is 5.91 Å². The molecule has 0 aliphatic rings. The van der Waals surface area contributed by atoms with Gasteiger partial charge in [0.05, 0.1) is 6.26 Å². The summed E-state index contributed by atoms with van der Waals surface area (Å²) in [6, 6.07) is 17.0. The smallest absolute Gasteiger partial charge is 0.291 e. The Morgan fingerprint density at radius 1 is 0.972 bits per heavy atom. The quantitative estimate of drug-likeness (QED) is 0.181. The number of anilines is 2. The van der Waals surface area contributed by atoms with Crippen molar-refractivity contribution in [3.05, 3.63) is 100 Å². The highest BCUT2D eigenvalue weighted by Crippen LogP contribution is 2.29. The fourth-order valence-electron chi connectivity index (χ4n) is 3.24. The van der Waals surface area contributed by atoms with Crippen LogP contribution in [0.15, 0.2) is 81.8 Å². The maximum atomic E-state index is 12.3. The lowest BCUT2D eigenvalue weighted by Gasteiger charge is -2.12. The maximum Gasteiger partial charge on any atom is 0.291 e. The fraction of sp³-hybridized carbons (Fsp3) is 0.0385. The molecule has 2 aromatic heterocycles. The third-order valence-corrected chi connectivity index (χ3v) is 5.53. The van der Waals surface area contributed by atoms with Crippen LogP contribution in [0.4, 0.5) is 11.4 Å². The number of nitrogens with one attached hydrogen (secondary N) is 3. The van der Waals surface area contributed by atoms with E-state index in [2.05, 4.69) is 16.0 Å². The van der Waals surface area contributed by atoms with Crippen molar-refractivity contribution in [2.75, 3.05) is 10.6 Å². The normalized spacial score (nSPS) is 10.9. The van der Waals surface area contributed by atoms with Crippen LogP contribution < -0.4 is 16.0 Å². The van der Waals surface area contributed by atoms with Gasteiger partial charge >= 0.3 is 0 Å². The summed E-state index contributed by atoms with van der Waals surface area (Å²) < 4.78 is 10.8. The third kappa shape index (κ3) is 6.63. The first-order chi connectivity index (χ1) is 17.3. The second-order valence-corrected chi connectivity index (χ2v) is 8.88. The van der Waals surface area contributed by atoms with Gasteiger partial charge in [-0.2, -0.15) is 0 Å². The van der Waals surface area contributed by atoms with E-state index in [-0.39, 0.29) is 16.8 Å². The summed E-state index contributed by atoms with van der Waals surface area (Å²) in [6.07, 6.45) is 4.26. The number of furan rings is 2. The molecule has 10 heteroatoms. The Morgan fingerprint density at radius 2 is 1.75 bits per heavy atom. The molecule has 0 fully saturated rings. The minimum Gasteiger partial charge on any atom is -0.459 e. The van der Waals surface area contributed by atoms with Gasteiger partial charge < -0.3 is 19.5 Å². The van der Waals surface area contributed by atoms with Crippen LogP contribution >= 0.6 is 35.4 Å². The summed E-state index contributed by atoms with van der Waals surface area (Å²) in [4.78, 5) is 24.4. The van der Waals surface area contributed by atoms with Gasteiger partial charge in [-0.3, -0.25) is 14.9 Å². The summed E-state index contributed by atoms with van der Waals surface area (Å²) in [6.45, 7) is 1.84. The number of hydrogen-bond acceptors (Lipinski definition) is 5. The van der Waals surface area contributed by atoms with Gasteiger partial charge in [0, 0.05) is 33.1 Å². The van der Waals surface area contributed by atoms with Crippen molar-refractivity contribution >= 4 is 69.8 Å². The van der Waals surface area contributed by atoms with Crippen LogP contribution in [0.1, 0.15) is 21.9 Å². The molecule has 182 valence electrons. The Morgan fingerprint density at radius 3 is 2.44 bits per heavy atom. The zero-order valence-electron chi connectivity index (χ0n) is 18.8. The molecule has 0 radical (unpaired) electrons. The highest BCUT2D eigenvalue weighted by Gasteiger charge is 2.11. The summed E-state index contributed by atoms with van der Waals surface area (Å²) in [5, 5.41) is 9.40. The van der Waals surface area contributed by atoms with Gasteiger partial charge in [-0.25, -0.2) is 0 Å². The first-order valence-corrected chi connectivity index (χ1v) is 11.7. The SMILES string of the molecule is Cc1cc(NC(=S)NC(=O)/C=C/c2ccc(-c3cc(Cl)cc(Cl)c3)o2)ccc1NC(=O)c1ccco1. The van der Waals surface area contributed by atoms with Crippen molar-refractivity contribution in [1.29, 1.82) is 0 Å². The molecule has 0 bridgehead atoms. The number of aryl methyl sites for hydroxylation is 1. The molecule has 2 heterocycles. The molecule has 2 amide bonds. The standard InChI is InChI=1S/C26H19Cl2N3O4S/c1-15-11-19(4-7-21(15)30-25(33)23-3-2-10-34-23)29-26(36)31-24(32)9-6-20-5-8-22(35-20)16-12-17(27)14-18(28)13-16/h2-14H,1H3,(H,30,33)(H2,29,31,32,36)/b9-6+. The number of rotatable bonds is 6. The molecule has 0 spiro atoms. The number of carbonyl (C=O) groups excluding carboxylic acids is 2. The van der Waals surface area contributed by atoms with Crippen LogP contribution in [0.25, 0.3) is 17.4 Å². The van der Waals surface area contributed by atoms with Gasteiger partial charge in [-0.15, -0.1) is 0 Å². The van der Waals surface area contributed by atoms with E-state index in [0.29, 0.717) is 32.9 Å². The minimum absolute atomic E-state index is 0.116. The molecule has 0 saturated heterocycles. The molecular weight excluding hydrogens is 521 g/mol. The Labute approximate surface area is 222 Å². The second kappa shape index (κ2) is 11.3. The van der Waals surface area contributed by atoms with Gasteiger partial charge in [0.15, 0.2) is 10.9 Å². The third-order valence-electron chi connectivity index (χ3n) is 4.89. The summed E-state index contributed by atoms with van der Waals surface area (Å²) >= 11 is 17.3. The molecule has 36 heavy (non-hydrogen) atoms. The number of hydrogen-bond donors (Lipinski definition) is 3. The highest BCUT2D eigenvalue weighted by atomic mass is 35.5. The minimum atomic E-state index is -0.435. The molecule has 3 N–H and O–H groups in total. The molecule has 2 aromatic carbocycles. The van der Waals surface area contributed by atoms with Gasteiger partial charge in [0.25, 0.3) is 5.91 Å². The first-order valence-electron chi connectivity index (χ1n) is 10.6. The van der Waals surface area contributed by atoms with E-state index < -0.39 is 5.91 Å². The molecule has 0 atom stereocenters. The molecule has 0 saturated carbocycles. The topological polar surface area (TPSA) is 96.5 Å².